The zero-order valence-electron chi connectivity index (χ0n) is 12.6. The molecule has 3 aliphatic rings. The first-order valence-electron chi connectivity index (χ1n) is 8.48. The first kappa shape index (κ1) is 13.2. The van der Waals surface area contributed by atoms with Crippen molar-refractivity contribution in [1.82, 2.24) is 4.90 Å². The van der Waals surface area contributed by atoms with E-state index in [0.717, 1.165) is 24.6 Å². The summed E-state index contributed by atoms with van der Waals surface area (Å²) in [6.45, 7) is 0.967. The molecule has 2 fully saturated rings. The summed E-state index contributed by atoms with van der Waals surface area (Å²) in [6, 6.07) is 8.80. The van der Waals surface area contributed by atoms with Crippen LogP contribution in [-0.4, -0.2) is 29.4 Å². The summed E-state index contributed by atoms with van der Waals surface area (Å²) in [5.74, 6) is 1.10. The van der Waals surface area contributed by atoms with E-state index in [0.29, 0.717) is 11.9 Å². The topological polar surface area (TPSA) is 32.3 Å². The fourth-order valence-electron chi connectivity index (χ4n) is 4.55. The van der Waals surface area contributed by atoms with Gasteiger partial charge in [0, 0.05) is 24.7 Å². The van der Waals surface area contributed by atoms with E-state index >= 15 is 0 Å². The maximum atomic E-state index is 12.9. The quantitative estimate of drug-likeness (QED) is 0.904. The average molecular weight is 284 g/mol. The van der Waals surface area contributed by atoms with E-state index in [1.807, 2.05) is 6.07 Å². The lowest BCUT2D eigenvalue weighted by Crippen LogP contribution is -2.46. The van der Waals surface area contributed by atoms with Gasteiger partial charge in [-0.1, -0.05) is 31.0 Å². The number of rotatable bonds is 2. The van der Waals surface area contributed by atoms with Gasteiger partial charge in [0.15, 0.2) is 0 Å². The monoisotopic (exact) mass is 284 g/mol. The molecule has 2 atom stereocenters. The maximum absolute atomic E-state index is 12.9. The van der Waals surface area contributed by atoms with Crippen molar-refractivity contribution >= 4 is 11.6 Å². The molecule has 1 amide bonds. The first-order valence-corrected chi connectivity index (χ1v) is 8.48. The molecular weight excluding hydrogens is 260 g/mol. The molecule has 1 aliphatic carbocycles. The number of carbonyl (C=O) groups excluding carboxylic acids is 1. The highest BCUT2D eigenvalue weighted by atomic mass is 16.2. The molecule has 0 bridgehead atoms. The molecule has 21 heavy (non-hydrogen) atoms. The van der Waals surface area contributed by atoms with Gasteiger partial charge < -0.3 is 10.2 Å². The predicted molar refractivity (Wildman–Crippen MR) is 84.2 cm³/mol. The Morgan fingerprint density at radius 3 is 2.71 bits per heavy atom. The van der Waals surface area contributed by atoms with E-state index < -0.39 is 0 Å². The highest BCUT2D eigenvalue weighted by Gasteiger charge is 2.39. The van der Waals surface area contributed by atoms with E-state index in [-0.39, 0.29) is 6.04 Å². The van der Waals surface area contributed by atoms with Crippen LogP contribution >= 0.6 is 0 Å². The Hall–Kier alpha value is -1.51. The summed E-state index contributed by atoms with van der Waals surface area (Å²) in [5.41, 5.74) is 2.43. The third-order valence-corrected chi connectivity index (χ3v) is 5.60. The van der Waals surface area contributed by atoms with Gasteiger partial charge in [-0.05, 0) is 43.2 Å². The second kappa shape index (κ2) is 5.36. The average Bonchev–Trinajstić information content (AvgIpc) is 3.23. The zero-order valence-corrected chi connectivity index (χ0v) is 12.6. The molecule has 2 heterocycles. The van der Waals surface area contributed by atoms with Crippen molar-refractivity contribution in [2.45, 2.75) is 57.0 Å². The van der Waals surface area contributed by atoms with Crippen LogP contribution in [0.5, 0.6) is 0 Å². The van der Waals surface area contributed by atoms with Crippen molar-refractivity contribution in [2.75, 3.05) is 11.9 Å². The van der Waals surface area contributed by atoms with Gasteiger partial charge in [0.2, 0.25) is 5.91 Å². The Labute approximate surface area is 126 Å². The van der Waals surface area contributed by atoms with E-state index in [9.17, 15) is 4.79 Å². The van der Waals surface area contributed by atoms with Crippen LogP contribution in [-0.2, 0) is 11.2 Å². The molecule has 1 saturated carbocycles. The lowest BCUT2D eigenvalue weighted by molar-refractivity contribution is -0.133. The Bertz CT molecular complexity index is 511. The zero-order chi connectivity index (χ0) is 14.2. The first-order chi connectivity index (χ1) is 10.3. The standard InChI is InChI=1S/C18H24N2O/c21-18(16-12-14-8-3-4-9-15(14)19-16)20-11-5-10-17(20)13-6-1-2-7-13/h3-4,8-9,13,16-17,19H,1-2,5-7,10-12H2/t16-,17?/m0/s1. The fraction of sp³-hybridized carbons (Fsp3) is 0.611. The lowest BCUT2D eigenvalue weighted by atomic mass is 9.95. The second-order valence-corrected chi connectivity index (χ2v) is 6.84. The van der Waals surface area contributed by atoms with Crippen LogP contribution in [0.25, 0.3) is 0 Å². The normalized spacial score (nSPS) is 28.7. The van der Waals surface area contributed by atoms with Gasteiger partial charge in [-0.3, -0.25) is 4.79 Å². The van der Waals surface area contributed by atoms with Crippen molar-refractivity contribution in [3.63, 3.8) is 0 Å². The van der Waals surface area contributed by atoms with Crippen LogP contribution in [0.2, 0.25) is 0 Å². The third-order valence-electron chi connectivity index (χ3n) is 5.60. The minimum atomic E-state index is -0.0376. The summed E-state index contributed by atoms with van der Waals surface area (Å²) in [4.78, 5) is 15.2. The molecule has 112 valence electrons. The van der Waals surface area contributed by atoms with Crippen molar-refractivity contribution in [3.05, 3.63) is 29.8 Å². The third kappa shape index (κ3) is 2.33. The van der Waals surface area contributed by atoms with Gasteiger partial charge in [-0.2, -0.15) is 0 Å². The van der Waals surface area contributed by atoms with Crippen LogP contribution in [0.15, 0.2) is 24.3 Å². The highest BCUT2D eigenvalue weighted by Crippen LogP contribution is 2.36. The second-order valence-electron chi connectivity index (χ2n) is 6.84. The van der Waals surface area contributed by atoms with E-state index in [1.54, 1.807) is 0 Å². The molecule has 4 rings (SSSR count). The Kier molecular flexibility index (Phi) is 3.36. The SMILES string of the molecule is O=C([C@@H]1Cc2ccccc2N1)N1CCCC1C1CCCC1. The molecule has 1 saturated heterocycles. The molecule has 1 aromatic rings. The van der Waals surface area contributed by atoms with Crippen molar-refractivity contribution in [3.8, 4) is 0 Å². The Balaban J connectivity index is 1.47. The number of amides is 1. The smallest absolute Gasteiger partial charge is 0.245 e. The molecule has 1 unspecified atom stereocenters. The number of hydrogen-bond acceptors (Lipinski definition) is 2. The lowest BCUT2D eigenvalue weighted by Gasteiger charge is -2.31. The minimum Gasteiger partial charge on any atom is -0.373 e. The van der Waals surface area contributed by atoms with Crippen LogP contribution in [0.1, 0.15) is 44.1 Å². The number of benzene rings is 1. The predicted octanol–water partition coefficient (Wildman–Crippen LogP) is 3.20. The number of para-hydroxylation sites is 1. The molecular formula is C18H24N2O. The molecule has 2 aliphatic heterocycles. The van der Waals surface area contributed by atoms with Crippen molar-refractivity contribution in [2.24, 2.45) is 5.92 Å². The number of likely N-dealkylation sites (tertiary alicyclic amines) is 1. The van der Waals surface area contributed by atoms with Gasteiger partial charge in [-0.25, -0.2) is 0 Å². The minimum absolute atomic E-state index is 0.0376. The van der Waals surface area contributed by atoms with Crippen LogP contribution in [0, 0.1) is 5.92 Å². The van der Waals surface area contributed by atoms with E-state index in [1.165, 1.54) is 44.1 Å². The van der Waals surface area contributed by atoms with E-state index in [4.69, 9.17) is 0 Å². The van der Waals surface area contributed by atoms with Gasteiger partial charge in [0.05, 0.1) is 0 Å². The van der Waals surface area contributed by atoms with Crippen LogP contribution < -0.4 is 5.32 Å². The van der Waals surface area contributed by atoms with Gasteiger partial charge in [-0.15, -0.1) is 0 Å². The molecule has 1 aromatic carbocycles. The molecule has 0 spiro atoms. The summed E-state index contributed by atoms with van der Waals surface area (Å²) in [6.07, 6.45) is 8.62. The van der Waals surface area contributed by atoms with Gasteiger partial charge in [0.25, 0.3) is 0 Å². The van der Waals surface area contributed by atoms with Crippen molar-refractivity contribution in [1.29, 1.82) is 0 Å². The highest BCUT2D eigenvalue weighted by molar-refractivity contribution is 5.88. The number of nitrogens with one attached hydrogen (secondary N) is 1. The summed E-state index contributed by atoms with van der Waals surface area (Å²) >= 11 is 0. The Morgan fingerprint density at radius 1 is 1.10 bits per heavy atom. The number of nitrogens with zero attached hydrogens (tertiary/aromatic N) is 1. The van der Waals surface area contributed by atoms with Crippen LogP contribution in [0.4, 0.5) is 5.69 Å². The summed E-state index contributed by atoms with van der Waals surface area (Å²) < 4.78 is 0. The van der Waals surface area contributed by atoms with Gasteiger partial charge >= 0.3 is 0 Å². The fourth-order valence-corrected chi connectivity index (χ4v) is 4.55. The van der Waals surface area contributed by atoms with Crippen molar-refractivity contribution < 1.29 is 4.79 Å². The molecule has 3 nitrogen and oxygen atoms in total. The number of anilines is 1. The molecule has 0 aromatic heterocycles. The molecule has 0 radical (unpaired) electrons. The largest absolute Gasteiger partial charge is 0.373 e. The van der Waals surface area contributed by atoms with E-state index in [2.05, 4.69) is 28.4 Å². The molecule has 1 N–H and O–H groups in total. The number of hydrogen-bond donors (Lipinski definition) is 1. The summed E-state index contributed by atoms with van der Waals surface area (Å²) in [7, 11) is 0. The Morgan fingerprint density at radius 2 is 1.90 bits per heavy atom. The molecule has 3 heteroatoms. The number of fused-ring (bicyclic) bond motifs is 1. The van der Waals surface area contributed by atoms with Crippen LogP contribution in [0.3, 0.4) is 0 Å². The number of carbonyl (C=O) groups is 1. The van der Waals surface area contributed by atoms with Gasteiger partial charge in [0.1, 0.15) is 6.04 Å². The summed E-state index contributed by atoms with van der Waals surface area (Å²) in [5, 5.41) is 3.43. The maximum Gasteiger partial charge on any atom is 0.245 e.